The van der Waals surface area contributed by atoms with Gasteiger partial charge >= 0.3 is 0 Å². The molecule has 2 N–H and O–H groups in total. The molecular weight excluding hydrogens is 308 g/mol. The van der Waals surface area contributed by atoms with Crippen LogP contribution < -0.4 is 5.73 Å². The van der Waals surface area contributed by atoms with Gasteiger partial charge in [-0.2, -0.15) is 0 Å². The molecule has 1 saturated heterocycles. The fraction of sp³-hybridized carbons (Fsp3) is 0.385. The van der Waals surface area contributed by atoms with E-state index in [0.717, 1.165) is 41.4 Å². The van der Waals surface area contributed by atoms with Crippen molar-refractivity contribution >= 4 is 38.8 Å². The molecule has 1 aliphatic rings. The molecule has 0 aliphatic carbocycles. The lowest BCUT2D eigenvalue weighted by Crippen LogP contribution is -2.31. The fourth-order valence-electron chi connectivity index (χ4n) is 2.49. The first-order chi connectivity index (χ1) is 9.15. The number of hydrogen-bond acceptors (Lipinski definition) is 3. The number of fused-ring (bicyclic) bond motifs is 1. The Morgan fingerprint density at radius 1 is 1.37 bits per heavy atom. The van der Waals surface area contributed by atoms with E-state index in [9.17, 15) is 4.79 Å². The number of likely N-dealkylation sites (tertiary alicyclic amines) is 1. The smallest absolute Gasteiger partial charge is 0.242 e. The molecule has 1 aliphatic heterocycles. The van der Waals surface area contributed by atoms with Gasteiger partial charge in [-0.15, -0.1) is 0 Å². The van der Waals surface area contributed by atoms with Crippen LogP contribution in [0.4, 0.5) is 5.95 Å². The SMILES string of the molecule is Nc1nc2cc(Br)ccc2n1CC(=O)N1CCCC1. The topological polar surface area (TPSA) is 64.1 Å². The lowest BCUT2D eigenvalue weighted by atomic mass is 10.3. The highest BCUT2D eigenvalue weighted by Crippen LogP contribution is 2.22. The highest BCUT2D eigenvalue weighted by molar-refractivity contribution is 9.10. The predicted molar refractivity (Wildman–Crippen MR) is 77.7 cm³/mol. The Bertz CT molecular complexity index is 631. The molecule has 100 valence electrons. The lowest BCUT2D eigenvalue weighted by Gasteiger charge is -2.16. The Morgan fingerprint density at radius 2 is 2.11 bits per heavy atom. The van der Waals surface area contributed by atoms with Crippen molar-refractivity contribution in [3.05, 3.63) is 22.7 Å². The molecule has 5 nitrogen and oxygen atoms in total. The molecule has 0 atom stereocenters. The molecule has 3 rings (SSSR count). The number of anilines is 1. The van der Waals surface area contributed by atoms with E-state index in [1.165, 1.54) is 0 Å². The van der Waals surface area contributed by atoms with Crippen LogP contribution in [0.1, 0.15) is 12.8 Å². The largest absolute Gasteiger partial charge is 0.369 e. The second kappa shape index (κ2) is 4.85. The molecule has 0 bridgehead atoms. The monoisotopic (exact) mass is 322 g/mol. The van der Waals surface area contributed by atoms with Gasteiger partial charge < -0.3 is 15.2 Å². The summed E-state index contributed by atoms with van der Waals surface area (Å²) in [6.07, 6.45) is 2.19. The average molecular weight is 323 g/mol. The van der Waals surface area contributed by atoms with E-state index in [1.807, 2.05) is 23.1 Å². The van der Waals surface area contributed by atoms with E-state index in [2.05, 4.69) is 20.9 Å². The summed E-state index contributed by atoms with van der Waals surface area (Å²) in [7, 11) is 0. The first-order valence-corrected chi connectivity index (χ1v) is 7.13. The minimum absolute atomic E-state index is 0.117. The van der Waals surface area contributed by atoms with Crippen molar-refractivity contribution in [2.24, 2.45) is 0 Å². The maximum Gasteiger partial charge on any atom is 0.242 e. The van der Waals surface area contributed by atoms with Gasteiger partial charge in [0.2, 0.25) is 11.9 Å². The molecule has 0 saturated carbocycles. The summed E-state index contributed by atoms with van der Waals surface area (Å²) in [5, 5.41) is 0. The summed E-state index contributed by atoms with van der Waals surface area (Å²) in [5.41, 5.74) is 7.62. The maximum atomic E-state index is 12.2. The van der Waals surface area contributed by atoms with Crippen molar-refractivity contribution in [3.63, 3.8) is 0 Å². The number of rotatable bonds is 2. The van der Waals surface area contributed by atoms with E-state index < -0.39 is 0 Å². The zero-order chi connectivity index (χ0) is 13.4. The third-order valence-electron chi connectivity index (χ3n) is 3.49. The summed E-state index contributed by atoms with van der Waals surface area (Å²) in [6, 6.07) is 5.77. The van der Waals surface area contributed by atoms with Crippen LogP contribution in [0.15, 0.2) is 22.7 Å². The average Bonchev–Trinajstić information content (AvgIpc) is 2.98. The summed E-state index contributed by atoms with van der Waals surface area (Å²) in [6.45, 7) is 1.98. The number of nitrogens with zero attached hydrogens (tertiary/aromatic N) is 3. The molecule has 0 radical (unpaired) electrons. The second-order valence-electron chi connectivity index (χ2n) is 4.78. The van der Waals surface area contributed by atoms with E-state index in [-0.39, 0.29) is 12.5 Å². The Labute approximate surface area is 119 Å². The molecular formula is C13H15BrN4O. The zero-order valence-corrected chi connectivity index (χ0v) is 12.1. The molecule has 1 fully saturated rings. The Morgan fingerprint density at radius 3 is 2.84 bits per heavy atom. The number of amides is 1. The van der Waals surface area contributed by atoms with Crippen LogP contribution in [-0.2, 0) is 11.3 Å². The second-order valence-corrected chi connectivity index (χ2v) is 5.69. The van der Waals surface area contributed by atoms with Crippen LogP contribution in [0, 0.1) is 0 Å². The third kappa shape index (κ3) is 2.32. The van der Waals surface area contributed by atoms with Crippen LogP contribution in [0.5, 0.6) is 0 Å². The van der Waals surface area contributed by atoms with Gasteiger partial charge in [-0.05, 0) is 31.0 Å². The van der Waals surface area contributed by atoms with Crippen molar-refractivity contribution in [1.82, 2.24) is 14.5 Å². The molecule has 0 unspecified atom stereocenters. The van der Waals surface area contributed by atoms with E-state index in [4.69, 9.17) is 5.73 Å². The van der Waals surface area contributed by atoms with Crippen molar-refractivity contribution in [3.8, 4) is 0 Å². The predicted octanol–water partition coefficient (Wildman–Crippen LogP) is 2.00. The molecule has 2 aromatic rings. The highest BCUT2D eigenvalue weighted by Gasteiger charge is 2.20. The lowest BCUT2D eigenvalue weighted by molar-refractivity contribution is -0.130. The van der Waals surface area contributed by atoms with Crippen molar-refractivity contribution in [2.45, 2.75) is 19.4 Å². The van der Waals surface area contributed by atoms with E-state index in [1.54, 1.807) is 4.57 Å². The van der Waals surface area contributed by atoms with Gasteiger partial charge in [0.25, 0.3) is 0 Å². The number of hydrogen-bond donors (Lipinski definition) is 1. The molecule has 0 spiro atoms. The third-order valence-corrected chi connectivity index (χ3v) is 3.99. The van der Waals surface area contributed by atoms with Crippen LogP contribution in [0.25, 0.3) is 11.0 Å². The van der Waals surface area contributed by atoms with Gasteiger partial charge in [0.15, 0.2) is 0 Å². The van der Waals surface area contributed by atoms with Crippen molar-refractivity contribution in [1.29, 1.82) is 0 Å². The molecule has 2 heterocycles. The molecule has 1 amide bonds. The molecule has 6 heteroatoms. The normalized spacial score (nSPS) is 15.3. The number of nitrogen functional groups attached to an aromatic ring is 1. The van der Waals surface area contributed by atoms with Crippen LogP contribution in [-0.4, -0.2) is 33.4 Å². The fourth-order valence-corrected chi connectivity index (χ4v) is 2.84. The summed E-state index contributed by atoms with van der Waals surface area (Å²) in [4.78, 5) is 18.4. The van der Waals surface area contributed by atoms with Crippen molar-refractivity contribution in [2.75, 3.05) is 18.8 Å². The van der Waals surface area contributed by atoms with Gasteiger partial charge in [0.1, 0.15) is 6.54 Å². The number of imidazole rings is 1. The van der Waals surface area contributed by atoms with Gasteiger partial charge in [-0.25, -0.2) is 4.98 Å². The van der Waals surface area contributed by atoms with Gasteiger partial charge in [0.05, 0.1) is 11.0 Å². The summed E-state index contributed by atoms with van der Waals surface area (Å²) in [5.74, 6) is 0.507. The van der Waals surface area contributed by atoms with Gasteiger partial charge in [-0.1, -0.05) is 15.9 Å². The van der Waals surface area contributed by atoms with Crippen LogP contribution in [0.2, 0.25) is 0 Å². The summed E-state index contributed by atoms with van der Waals surface area (Å²) >= 11 is 3.41. The number of aromatic nitrogens is 2. The molecule has 1 aromatic carbocycles. The number of benzene rings is 1. The first-order valence-electron chi connectivity index (χ1n) is 6.34. The molecule has 1 aromatic heterocycles. The number of nitrogens with two attached hydrogens (primary N) is 1. The first kappa shape index (κ1) is 12.5. The van der Waals surface area contributed by atoms with Crippen molar-refractivity contribution < 1.29 is 4.79 Å². The zero-order valence-electron chi connectivity index (χ0n) is 10.5. The Balaban J connectivity index is 1.91. The van der Waals surface area contributed by atoms with Crippen LogP contribution >= 0.6 is 15.9 Å². The van der Waals surface area contributed by atoms with Crippen LogP contribution in [0.3, 0.4) is 0 Å². The minimum Gasteiger partial charge on any atom is -0.369 e. The summed E-state index contributed by atoms with van der Waals surface area (Å²) < 4.78 is 2.73. The highest BCUT2D eigenvalue weighted by atomic mass is 79.9. The quantitative estimate of drug-likeness (QED) is 0.919. The number of halogens is 1. The molecule has 19 heavy (non-hydrogen) atoms. The number of carbonyl (C=O) groups excluding carboxylic acids is 1. The number of carbonyl (C=O) groups is 1. The minimum atomic E-state index is 0.117. The van der Waals surface area contributed by atoms with Gasteiger partial charge in [0, 0.05) is 17.6 Å². The van der Waals surface area contributed by atoms with Gasteiger partial charge in [-0.3, -0.25) is 4.79 Å². The van der Waals surface area contributed by atoms with E-state index in [0.29, 0.717) is 5.95 Å². The maximum absolute atomic E-state index is 12.2. The Hall–Kier alpha value is -1.56. The standard InChI is InChI=1S/C13H15BrN4O/c14-9-3-4-11-10(7-9)16-13(15)18(11)8-12(19)17-5-1-2-6-17/h3-4,7H,1-2,5-6,8H2,(H2,15,16). The van der Waals surface area contributed by atoms with E-state index >= 15 is 0 Å². The Kier molecular flexibility index (Phi) is 3.18.